The molecule has 0 radical (unpaired) electrons. The van der Waals surface area contributed by atoms with Crippen LogP contribution in [-0.2, 0) is 17.6 Å². The van der Waals surface area contributed by atoms with Crippen molar-refractivity contribution in [3.63, 3.8) is 0 Å². The SMILES string of the molecule is CCCCc1nc(-c2ccc(OCC(=O)NCCc3ccccc3C)cc2)no1. The average molecular weight is 393 g/mol. The number of nitrogens with zero attached hydrogens (tertiary/aromatic N) is 2. The van der Waals surface area contributed by atoms with Crippen molar-refractivity contribution in [2.45, 2.75) is 39.5 Å². The van der Waals surface area contributed by atoms with Gasteiger partial charge in [0.05, 0.1) is 0 Å². The van der Waals surface area contributed by atoms with Crippen LogP contribution in [0, 0.1) is 6.92 Å². The van der Waals surface area contributed by atoms with Crippen LogP contribution in [0.3, 0.4) is 0 Å². The molecule has 0 aliphatic heterocycles. The van der Waals surface area contributed by atoms with E-state index < -0.39 is 0 Å². The van der Waals surface area contributed by atoms with Crippen LogP contribution in [0.4, 0.5) is 0 Å². The summed E-state index contributed by atoms with van der Waals surface area (Å²) in [6, 6.07) is 15.5. The van der Waals surface area contributed by atoms with Crippen molar-refractivity contribution < 1.29 is 14.1 Å². The van der Waals surface area contributed by atoms with Crippen LogP contribution in [0.15, 0.2) is 53.1 Å². The van der Waals surface area contributed by atoms with Crippen molar-refractivity contribution in [2.75, 3.05) is 13.2 Å². The molecule has 2 aromatic carbocycles. The van der Waals surface area contributed by atoms with Crippen molar-refractivity contribution >= 4 is 5.91 Å². The molecule has 1 aromatic heterocycles. The summed E-state index contributed by atoms with van der Waals surface area (Å²) >= 11 is 0. The number of ether oxygens (including phenoxy) is 1. The molecule has 0 fully saturated rings. The van der Waals surface area contributed by atoms with Gasteiger partial charge in [0, 0.05) is 18.5 Å². The van der Waals surface area contributed by atoms with Gasteiger partial charge in [0.25, 0.3) is 5.91 Å². The summed E-state index contributed by atoms with van der Waals surface area (Å²) in [5.41, 5.74) is 3.33. The molecule has 0 aliphatic carbocycles. The number of amides is 1. The van der Waals surface area contributed by atoms with Crippen LogP contribution in [0.2, 0.25) is 0 Å². The van der Waals surface area contributed by atoms with Crippen LogP contribution in [-0.4, -0.2) is 29.2 Å². The van der Waals surface area contributed by atoms with E-state index >= 15 is 0 Å². The summed E-state index contributed by atoms with van der Waals surface area (Å²) in [7, 11) is 0. The van der Waals surface area contributed by atoms with Gasteiger partial charge in [0.1, 0.15) is 5.75 Å². The van der Waals surface area contributed by atoms with E-state index in [4.69, 9.17) is 9.26 Å². The Morgan fingerprint density at radius 3 is 2.66 bits per heavy atom. The maximum Gasteiger partial charge on any atom is 0.257 e. The third-order valence-corrected chi connectivity index (χ3v) is 4.67. The Balaban J connectivity index is 1.43. The summed E-state index contributed by atoms with van der Waals surface area (Å²) < 4.78 is 10.8. The van der Waals surface area contributed by atoms with Crippen LogP contribution in [0.5, 0.6) is 5.75 Å². The van der Waals surface area contributed by atoms with Crippen molar-refractivity contribution in [3.05, 3.63) is 65.5 Å². The highest BCUT2D eigenvalue weighted by Gasteiger charge is 2.09. The average Bonchev–Trinajstić information content (AvgIpc) is 3.21. The number of carbonyl (C=O) groups excluding carboxylic acids is 1. The molecular weight excluding hydrogens is 366 g/mol. The number of unbranched alkanes of at least 4 members (excludes halogenated alkanes) is 1. The first kappa shape index (κ1) is 20.6. The fourth-order valence-electron chi connectivity index (χ4n) is 2.93. The van der Waals surface area contributed by atoms with Gasteiger partial charge in [-0.25, -0.2) is 0 Å². The number of hydrogen-bond donors (Lipinski definition) is 1. The monoisotopic (exact) mass is 393 g/mol. The van der Waals surface area contributed by atoms with E-state index in [1.54, 1.807) is 12.1 Å². The first-order chi connectivity index (χ1) is 14.2. The van der Waals surface area contributed by atoms with Crippen LogP contribution < -0.4 is 10.1 Å². The quantitative estimate of drug-likeness (QED) is 0.560. The highest BCUT2D eigenvalue weighted by Crippen LogP contribution is 2.20. The highest BCUT2D eigenvalue weighted by molar-refractivity contribution is 5.77. The Hall–Kier alpha value is -3.15. The van der Waals surface area contributed by atoms with Crippen LogP contribution in [0.1, 0.15) is 36.8 Å². The molecule has 1 heterocycles. The normalized spacial score (nSPS) is 10.7. The first-order valence-electron chi connectivity index (χ1n) is 10.0. The van der Waals surface area contributed by atoms with E-state index in [1.165, 1.54) is 11.1 Å². The van der Waals surface area contributed by atoms with Gasteiger partial charge in [-0.1, -0.05) is 42.8 Å². The molecule has 29 heavy (non-hydrogen) atoms. The lowest BCUT2D eigenvalue weighted by molar-refractivity contribution is -0.123. The number of nitrogens with one attached hydrogen (secondary N) is 1. The molecule has 0 unspecified atom stereocenters. The predicted molar refractivity (Wildman–Crippen MR) is 112 cm³/mol. The van der Waals surface area contributed by atoms with Crippen LogP contribution in [0.25, 0.3) is 11.4 Å². The van der Waals surface area contributed by atoms with E-state index in [9.17, 15) is 4.79 Å². The minimum absolute atomic E-state index is 0.0174. The minimum Gasteiger partial charge on any atom is -0.484 e. The largest absolute Gasteiger partial charge is 0.484 e. The predicted octanol–water partition coefficient (Wildman–Crippen LogP) is 4.13. The van der Waals surface area contributed by atoms with Gasteiger partial charge in [-0.2, -0.15) is 4.98 Å². The number of aryl methyl sites for hydroxylation is 2. The molecule has 3 rings (SSSR count). The Labute approximate surface area is 171 Å². The standard InChI is InChI=1S/C23H27N3O3/c1-3-4-9-22-25-23(26-29-22)19-10-12-20(13-11-19)28-16-21(27)24-15-14-18-8-6-5-7-17(18)2/h5-8,10-13H,3-4,9,14-16H2,1-2H3,(H,24,27). The zero-order valence-electron chi connectivity index (χ0n) is 17.0. The second-order valence-corrected chi connectivity index (χ2v) is 6.95. The van der Waals surface area contributed by atoms with Crippen molar-refractivity contribution in [3.8, 4) is 17.1 Å². The second kappa shape index (κ2) is 10.4. The zero-order valence-corrected chi connectivity index (χ0v) is 17.0. The molecule has 6 heteroatoms. The Morgan fingerprint density at radius 1 is 1.10 bits per heavy atom. The molecule has 0 aliphatic rings. The Kier molecular flexibility index (Phi) is 7.39. The molecule has 0 bridgehead atoms. The third-order valence-electron chi connectivity index (χ3n) is 4.67. The van der Waals surface area contributed by atoms with E-state index in [-0.39, 0.29) is 12.5 Å². The van der Waals surface area contributed by atoms with E-state index in [0.717, 1.165) is 31.2 Å². The molecule has 0 saturated heterocycles. The lowest BCUT2D eigenvalue weighted by Gasteiger charge is -2.09. The fourth-order valence-corrected chi connectivity index (χ4v) is 2.93. The van der Waals surface area contributed by atoms with Gasteiger partial charge in [-0.05, 0) is 55.2 Å². The van der Waals surface area contributed by atoms with Gasteiger partial charge in [-0.15, -0.1) is 0 Å². The molecule has 152 valence electrons. The van der Waals surface area contributed by atoms with E-state index in [2.05, 4.69) is 41.4 Å². The lowest BCUT2D eigenvalue weighted by Crippen LogP contribution is -2.30. The number of rotatable bonds is 10. The van der Waals surface area contributed by atoms with Gasteiger partial charge in [0.15, 0.2) is 6.61 Å². The number of benzene rings is 2. The Morgan fingerprint density at radius 2 is 1.90 bits per heavy atom. The van der Waals surface area contributed by atoms with Crippen molar-refractivity contribution in [2.24, 2.45) is 0 Å². The summed E-state index contributed by atoms with van der Waals surface area (Å²) in [5.74, 6) is 1.71. The summed E-state index contributed by atoms with van der Waals surface area (Å²) in [5, 5.41) is 6.91. The van der Waals surface area contributed by atoms with Gasteiger partial charge >= 0.3 is 0 Å². The topological polar surface area (TPSA) is 77.2 Å². The van der Waals surface area contributed by atoms with Crippen molar-refractivity contribution in [1.82, 2.24) is 15.5 Å². The Bertz CT molecular complexity index is 919. The molecule has 0 saturated carbocycles. The molecule has 3 aromatic rings. The third kappa shape index (κ3) is 6.17. The van der Waals surface area contributed by atoms with Crippen LogP contribution >= 0.6 is 0 Å². The van der Waals surface area contributed by atoms with E-state index in [1.807, 2.05) is 24.3 Å². The molecule has 0 atom stereocenters. The smallest absolute Gasteiger partial charge is 0.257 e. The fraction of sp³-hybridized carbons (Fsp3) is 0.348. The number of aromatic nitrogens is 2. The molecule has 1 N–H and O–H groups in total. The van der Waals surface area contributed by atoms with Gasteiger partial charge in [0.2, 0.25) is 11.7 Å². The summed E-state index contributed by atoms with van der Waals surface area (Å²) in [6.45, 7) is 4.77. The highest BCUT2D eigenvalue weighted by atomic mass is 16.5. The first-order valence-corrected chi connectivity index (χ1v) is 10.0. The van der Waals surface area contributed by atoms with E-state index in [0.29, 0.717) is 24.0 Å². The zero-order chi connectivity index (χ0) is 20.5. The number of carbonyl (C=O) groups is 1. The second-order valence-electron chi connectivity index (χ2n) is 6.95. The minimum atomic E-state index is -0.138. The molecular formula is C23H27N3O3. The molecule has 0 spiro atoms. The van der Waals surface area contributed by atoms with Gasteiger partial charge < -0.3 is 14.6 Å². The maximum absolute atomic E-state index is 12.0. The number of hydrogen-bond acceptors (Lipinski definition) is 5. The summed E-state index contributed by atoms with van der Waals surface area (Å²) in [6.07, 6.45) is 3.71. The van der Waals surface area contributed by atoms with Gasteiger partial charge in [-0.3, -0.25) is 4.79 Å². The maximum atomic E-state index is 12.0. The molecule has 1 amide bonds. The molecule has 6 nitrogen and oxygen atoms in total. The van der Waals surface area contributed by atoms with Crippen molar-refractivity contribution in [1.29, 1.82) is 0 Å². The summed E-state index contributed by atoms with van der Waals surface area (Å²) in [4.78, 5) is 16.4. The lowest BCUT2D eigenvalue weighted by atomic mass is 10.1.